The van der Waals surface area contributed by atoms with Crippen LogP contribution in [0.15, 0.2) is 24.3 Å². The van der Waals surface area contributed by atoms with Gasteiger partial charge in [-0.25, -0.2) is 0 Å². The van der Waals surface area contributed by atoms with Crippen LogP contribution in [0.25, 0.3) is 0 Å². The molecule has 116 valence electrons. The van der Waals surface area contributed by atoms with Crippen LogP contribution < -0.4 is 10.5 Å². The van der Waals surface area contributed by atoms with Crippen LogP contribution in [0.4, 0.5) is 17.6 Å². The van der Waals surface area contributed by atoms with E-state index in [9.17, 15) is 17.6 Å². The molecule has 0 unspecified atom stereocenters. The van der Waals surface area contributed by atoms with Gasteiger partial charge < -0.3 is 10.5 Å². The standard InChI is InChI=1S/C13H17F4NO.ClH/c1-8(2)7-10(18)9-5-3-4-6-11(9)19-13(16,17)12(14)15;/h3-6,8,10,12H,7,18H2,1-2H3;1H/t10-;/m1./s1. The van der Waals surface area contributed by atoms with Gasteiger partial charge in [0.1, 0.15) is 5.75 Å². The highest BCUT2D eigenvalue weighted by Crippen LogP contribution is 2.33. The van der Waals surface area contributed by atoms with Crippen molar-refractivity contribution in [3.63, 3.8) is 0 Å². The average Bonchev–Trinajstić information content (AvgIpc) is 2.27. The second-order valence-electron chi connectivity index (χ2n) is 4.74. The van der Waals surface area contributed by atoms with Crippen molar-refractivity contribution >= 4 is 12.4 Å². The number of halogens is 5. The number of para-hydroxylation sites is 1. The third kappa shape index (κ3) is 5.17. The quantitative estimate of drug-likeness (QED) is 0.790. The summed E-state index contributed by atoms with van der Waals surface area (Å²) in [5.74, 6) is -0.0559. The molecular weight excluding hydrogens is 298 g/mol. The molecule has 20 heavy (non-hydrogen) atoms. The number of nitrogens with two attached hydrogens (primary N) is 1. The number of alkyl halides is 4. The average molecular weight is 316 g/mol. The van der Waals surface area contributed by atoms with Crippen molar-refractivity contribution < 1.29 is 22.3 Å². The Morgan fingerprint density at radius 3 is 2.25 bits per heavy atom. The molecule has 1 aromatic carbocycles. The molecule has 7 heteroatoms. The smallest absolute Gasteiger partial charge is 0.428 e. The van der Waals surface area contributed by atoms with Crippen LogP contribution in [-0.4, -0.2) is 12.5 Å². The molecule has 2 nitrogen and oxygen atoms in total. The molecule has 1 rings (SSSR count). The highest BCUT2D eigenvalue weighted by atomic mass is 35.5. The lowest BCUT2D eigenvalue weighted by Crippen LogP contribution is -2.34. The van der Waals surface area contributed by atoms with E-state index in [-0.39, 0.29) is 24.1 Å². The van der Waals surface area contributed by atoms with Crippen molar-refractivity contribution in [3.8, 4) is 5.75 Å². The Bertz CT molecular complexity index is 415. The number of rotatable bonds is 6. The van der Waals surface area contributed by atoms with E-state index in [0.717, 1.165) is 0 Å². The van der Waals surface area contributed by atoms with Gasteiger partial charge in [-0.2, -0.15) is 17.6 Å². The SMILES string of the molecule is CC(C)C[C@@H](N)c1ccccc1OC(F)(F)C(F)F.Cl. The van der Waals surface area contributed by atoms with Crippen LogP contribution >= 0.6 is 12.4 Å². The van der Waals surface area contributed by atoms with E-state index in [2.05, 4.69) is 4.74 Å². The Morgan fingerprint density at radius 1 is 1.20 bits per heavy atom. The van der Waals surface area contributed by atoms with E-state index in [1.165, 1.54) is 18.2 Å². The minimum Gasteiger partial charge on any atom is -0.428 e. The van der Waals surface area contributed by atoms with E-state index in [1.807, 2.05) is 13.8 Å². The lowest BCUT2D eigenvalue weighted by atomic mass is 9.97. The van der Waals surface area contributed by atoms with Crippen LogP contribution in [0, 0.1) is 5.92 Å². The predicted molar refractivity (Wildman–Crippen MR) is 71.7 cm³/mol. The second-order valence-corrected chi connectivity index (χ2v) is 4.74. The van der Waals surface area contributed by atoms with Gasteiger partial charge in [-0.3, -0.25) is 0 Å². The van der Waals surface area contributed by atoms with Gasteiger partial charge in [0.25, 0.3) is 0 Å². The molecule has 2 N–H and O–H groups in total. The van der Waals surface area contributed by atoms with Crippen molar-refractivity contribution in [2.45, 2.75) is 38.8 Å². The first kappa shape index (κ1) is 19.0. The van der Waals surface area contributed by atoms with Gasteiger partial charge in [-0.1, -0.05) is 32.0 Å². The number of hydrogen-bond donors (Lipinski definition) is 1. The lowest BCUT2D eigenvalue weighted by Gasteiger charge is -2.22. The normalized spacial score (nSPS) is 13.2. The van der Waals surface area contributed by atoms with Gasteiger partial charge in [-0.15, -0.1) is 12.4 Å². The first-order valence-electron chi connectivity index (χ1n) is 5.93. The molecule has 0 saturated carbocycles. The predicted octanol–water partition coefficient (Wildman–Crippen LogP) is 4.39. The highest BCUT2D eigenvalue weighted by Gasteiger charge is 2.44. The van der Waals surface area contributed by atoms with E-state index >= 15 is 0 Å². The minimum absolute atomic E-state index is 0. The lowest BCUT2D eigenvalue weighted by molar-refractivity contribution is -0.253. The Morgan fingerprint density at radius 2 is 1.75 bits per heavy atom. The Balaban J connectivity index is 0.00000361. The number of benzene rings is 1. The molecule has 0 aliphatic carbocycles. The van der Waals surface area contributed by atoms with Crippen molar-refractivity contribution in [1.29, 1.82) is 0 Å². The van der Waals surface area contributed by atoms with Crippen molar-refractivity contribution in [1.82, 2.24) is 0 Å². The fourth-order valence-corrected chi connectivity index (χ4v) is 1.71. The molecule has 0 heterocycles. The summed E-state index contributed by atoms with van der Waals surface area (Å²) >= 11 is 0. The maximum atomic E-state index is 12.9. The van der Waals surface area contributed by atoms with Crippen LogP contribution in [0.1, 0.15) is 31.9 Å². The Kier molecular flexibility index (Phi) is 7.30. The van der Waals surface area contributed by atoms with Gasteiger partial charge in [0.2, 0.25) is 0 Å². The summed E-state index contributed by atoms with van der Waals surface area (Å²) in [5, 5.41) is 0. The van der Waals surface area contributed by atoms with E-state index in [0.29, 0.717) is 12.0 Å². The monoisotopic (exact) mass is 315 g/mol. The van der Waals surface area contributed by atoms with E-state index in [4.69, 9.17) is 5.73 Å². The Labute approximate surface area is 121 Å². The maximum absolute atomic E-state index is 12.9. The fraction of sp³-hybridized carbons (Fsp3) is 0.538. The summed E-state index contributed by atoms with van der Waals surface area (Å²) in [4.78, 5) is 0. The number of ether oxygens (including phenoxy) is 1. The maximum Gasteiger partial charge on any atom is 0.461 e. The molecule has 0 spiro atoms. The van der Waals surface area contributed by atoms with E-state index < -0.39 is 18.6 Å². The molecule has 0 saturated heterocycles. The fourth-order valence-electron chi connectivity index (χ4n) is 1.71. The van der Waals surface area contributed by atoms with Crippen LogP contribution in [0.2, 0.25) is 0 Å². The van der Waals surface area contributed by atoms with E-state index in [1.54, 1.807) is 6.07 Å². The molecule has 0 radical (unpaired) electrons. The number of hydrogen-bond acceptors (Lipinski definition) is 2. The van der Waals surface area contributed by atoms with Gasteiger partial charge in [0.05, 0.1) is 0 Å². The van der Waals surface area contributed by atoms with Crippen molar-refractivity contribution in [2.24, 2.45) is 11.7 Å². The third-order valence-electron chi connectivity index (χ3n) is 2.54. The highest BCUT2D eigenvalue weighted by molar-refractivity contribution is 5.85. The molecule has 0 fully saturated rings. The molecule has 0 bridgehead atoms. The van der Waals surface area contributed by atoms with Crippen LogP contribution in [-0.2, 0) is 0 Å². The van der Waals surface area contributed by atoms with Gasteiger partial charge in [0.15, 0.2) is 0 Å². The molecular formula is C13H18ClF4NO. The van der Waals surface area contributed by atoms with Crippen molar-refractivity contribution in [3.05, 3.63) is 29.8 Å². The topological polar surface area (TPSA) is 35.2 Å². The molecule has 0 aliphatic heterocycles. The molecule has 1 atom stereocenters. The molecule has 0 aliphatic rings. The minimum atomic E-state index is -4.52. The summed E-state index contributed by atoms with van der Waals surface area (Å²) in [6.45, 7) is 3.86. The zero-order valence-electron chi connectivity index (χ0n) is 11.2. The Hall–Kier alpha value is -1.01. The zero-order chi connectivity index (χ0) is 14.6. The first-order valence-corrected chi connectivity index (χ1v) is 5.93. The van der Waals surface area contributed by atoms with Gasteiger partial charge in [0, 0.05) is 11.6 Å². The summed E-state index contributed by atoms with van der Waals surface area (Å²) in [7, 11) is 0. The third-order valence-corrected chi connectivity index (χ3v) is 2.54. The second kappa shape index (κ2) is 7.69. The summed E-state index contributed by atoms with van der Waals surface area (Å²) in [6.07, 6.45) is -7.87. The zero-order valence-corrected chi connectivity index (χ0v) is 12.0. The van der Waals surface area contributed by atoms with Gasteiger partial charge >= 0.3 is 12.5 Å². The summed E-state index contributed by atoms with van der Waals surface area (Å²) < 4.78 is 54.3. The largest absolute Gasteiger partial charge is 0.461 e. The molecule has 0 amide bonds. The van der Waals surface area contributed by atoms with Gasteiger partial charge in [-0.05, 0) is 18.4 Å². The summed E-state index contributed by atoms with van der Waals surface area (Å²) in [5.41, 5.74) is 6.18. The molecule has 0 aromatic heterocycles. The van der Waals surface area contributed by atoms with Crippen LogP contribution in [0.3, 0.4) is 0 Å². The summed E-state index contributed by atoms with van der Waals surface area (Å²) in [6, 6.07) is 5.21. The molecule has 1 aromatic rings. The first-order chi connectivity index (χ1) is 8.74. The van der Waals surface area contributed by atoms with Crippen molar-refractivity contribution in [2.75, 3.05) is 0 Å². The van der Waals surface area contributed by atoms with Crippen LogP contribution in [0.5, 0.6) is 5.75 Å².